The minimum Gasteiger partial charge on any atom is -0.400 e. The van der Waals surface area contributed by atoms with Crippen LogP contribution >= 0.6 is 0 Å². The lowest BCUT2D eigenvalue weighted by atomic mass is 10.0. The Morgan fingerprint density at radius 2 is 1.50 bits per heavy atom. The van der Waals surface area contributed by atoms with Crippen molar-refractivity contribution in [2.45, 2.75) is 31.7 Å². The summed E-state index contributed by atoms with van der Waals surface area (Å²) in [5.41, 5.74) is 5.26. The molecule has 74 valence electrons. The van der Waals surface area contributed by atoms with Crippen LogP contribution in [0, 0.1) is 0 Å². The van der Waals surface area contributed by atoms with Crippen molar-refractivity contribution in [2.24, 2.45) is 5.73 Å². The SMILES string of the molecule is C1CCC1.CO[SiH](CCN)OC. The Kier molecular flexibility index (Phi) is 9.26. The van der Waals surface area contributed by atoms with E-state index in [0.29, 0.717) is 6.54 Å². The van der Waals surface area contributed by atoms with Crippen LogP contribution in [0.1, 0.15) is 25.7 Å². The predicted molar refractivity (Wildman–Crippen MR) is 53.5 cm³/mol. The molecule has 12 heavy (non-hydrogen) atoms. The summed E-state index contributed by atoms with van der Waals surface area (Å²) in [6, 6.07) is 0.896. The lowest BCUT2D eigenvalue weighted by Gasteiger charge is -2.07. The summed E-state index contributed by atoms with van der Waals surface area (Å²) in [5, 5.41) is 0. The van der Waals surface area contributed by atoms with Gasteiger partial charge in [-0.1, -0.05) is 25.7 Å². The first kappa shape index (κ1) is 12.1. The van der Waals surface area contributed by atoms with Gasteiger partial charge in [-0.15, -0.1) is 0 Å². The monoisotopic (exact) mass is 191 g/mol. The smallest absolute Gasteiger partial charge is 0.322 e. The zero-order valence-electron chi connectivity index (χ0n) is 8.21. The molecule has 0 aromatic rings. The largest absolute Gasteiger partial charge is 0.400 e. The Morgan fingerprint density at radius 3 is 1.58 bits per heavy atom. The van der Waals surface area contributed by atoms with Crippen molar-refractivity contribution < 1.29 is 8.85 Å². The maximum atomic E-state index is 5.26. The van der Waals surface area contributed by atoms with E-state index in [1.54, 1.807) is 14.2 Å². The fraction of sp³-hybridized carbons (Fsp3) is 1.00. The van der Waals surface area contributed by atoms with Crippen LogP contribution in [0.15, 0.2) is 0 Å². The van der Waals surface area contributed by atoms with Gasteiger partial charge in [-0.3, -0.25) is 0 Å². The standard InChI is InChI=1S/C4H13NO2Si.C4H8/c1-6-8(7-2)4-3-5;1-2-4-3-1/h8H,3-5H2,1-2H3;1-4H2. The Hall–Kier alpha value is 0.0969. The molecule has 1 aliphatic carbocycles. The van der Waals surface area contributed by atoms with Crippen molar-refractivity contribution in [3.63, 3.8) is 0 Å². The van der Waals surface area contributed by atoms with Crippen LogP contribution in [0.3, 0.4) is 0 Å². The zero-order chi connectivity index (χ0) is 9.23. The van der Waals surface area contributed by atoms with Gasteiger partial charge in [-0.25, -0.2) is 0 Å². The highest BCUT2D eigenvalue weighted by molar-refractivity contribution is 6.44. The molecular formula is C8H21NO2Si. The molecule has 0 radical (unpaired) electrons. The molecule has 1 fully saturated rings. The van der Waals surface area contributed by atoms with E-state index in [1.165, 1.54) is 25.7 Å². The van der Waals surface area contributed by atoms with E-state index in [0.717, 1.165) is 6.04 Å². The highest BCUT2D eigenvalue weighted by Crippen LogP contribution is 2.15. The Bertz CT molecular complexity index is 81.1. The van der Waals surface area contributed by atoms with E-state index in [2.05, 4.69) is 0 Å². The van der Waals surface area contributed by atoms with Gasteiger partial charge in [-0.2, -0.15) is 0 Å². The van der Waals surface area contributed by atoms with Crippen molar-refractivity contribution in [1.29, 1.82) is 0 Å². The fourth-order valence-electron chi connectivity index (χ4n) is 0.718. The van der Waals surface area contributed by atoms with Crippen LogP contribution in [0.25, 0.3) is 0 Å². The third kappa shape index (κ3) is 6.79. The molecule has 0 bridgehead atoms. The maximum Gasteiger partial charge on any atom is 0.322 e. The first-order valence-electron chi connectivity index (χ1n) is 4.60. The lowest BCUT2D eigenvalue weighted by molar-refractivity contribution is 0.278. The van der Waals surface area contributed by atoms with E-state index in [1.807, 2.05) is 0 Å². The van der Waals surface area contributed by atoms with Gasteiger partial charge in [0, 0.05) is 20.3 Å². The van der Waals surface area contributed by atoms with Crippen molar-refractivity contribution in [3.05, 3.63) is 0 Å². The molecule has 0 spiro atoms. The van der Waals surface area contributed by atoms with Gasteiger partial charge in [0.05, 0.1) is 0 Å². The Morgan fingerprint density at radius 1 is 1.08 bits per heavy atom. The molecule has 2 N–H and O–H groups in total. The van der Waals surface area contributed by atoms with Crippen LogP contribution in [0.2, 0.25) is 6.04 Å². The number of hydrogen-bond acceptors (Lipinski definition) is 3. The van der Waals surface area contributed by atoms with E-state index < -0.39 is 9.28 Å². The molecular weight excluding hydrogens is 170 g/mol. The van der Waals surface area contributed by atoms with Gasteiger partial charge in [0.25, 0.3) is 0 Å². The van der Waals surface area contributed by atoms with Crippen molar-refractivity contribution >= 4 is 9.28 Å². The van der Waals surface area contributed by atoms with Crippen molar-refractivity contribution in [3.8, 4) is 0 Å². The second-order valence-electron chi connectivity index (χ2n) is 2.89. The van der Waals surface area contributed by atoms with Crippen molar-refractivity contribution in [1.82, 2.24) is 0 Å². The third-order valence-electron chi connectivity index (χ3n) is 1.93. The van der Waals surface area contributed by atoms with E-state index in [9.17, 15) is 0 Å². The average molecular weight is 191 g/mol. The first-order valence-corrected chi connectivity index (χ1v) is 6.36. The normalized spacial score (nSPS) is 15.0. The molecule has 0 heterocycles. The minimum atomic E-state index is -1.32. The number of hydrogen-bond donors (Lipinski definition) is 1. The van der Waals surface area contributed by atoms with Gasteiger partial charge >= 0.3 is 9.28 Å². The van der Waals surface area contributed by atoms with Gasteiger partial charge in [0.1, 0.15) is 0 Å². The summed E-state index contributed by atoms with van der Waals surface area (Å²) >= 11 is 0. The fourth-order valence-corrected chi connectivity index (χ4v) is 1.65. The molecule has 3 nitrogen and oxygen atoms in total. The minimum absolute atomic E-state index is 0.665. The second kappa shape index (κ2) is 9.19. The van der Waals surface area contributed by atoms with Crippen LogP contribution in [0.5, 0.6) is 0 Å². The molecule has 4 heteroatoms. The summed E-state index contributed by atoms with van der Waals surface area (Å²) < 4.78 is 9.95. The van der Waals surface area contributed by atoms with E-state index in [4.69, 9.17) is 14.6 Å². The molecule has 0 amide bonds. The predicted octanol–water partition coefficient (Wildman–Crippen LogP) is 1.02. The maximum absolute atomic E-state index is 5.26. The molecule has 0 unspecified atom stereocenters. The quantitative estimate of drug-likeness (QED) is 0.675. The van der Waals surface area contributed by atoms with Gasteiger partial charge < -0.3 is 14.6 Å². The molecule has 0 aromatic heterocycles. The van der Waals surface area contributed by atoms with Crippen LogP contribution in [-0.4, -0.2) is 30.0 Å². The van der Waals surface area contributed by atoms with Crippen LogP contribution in [-0.2, 0) is 8.85 Å². The highest BCUT2D eigenvalue weighted by atomic mass is 28.3. The Labute approximate surface area is 77.1 Å². The topological polar surface area (TPSA) is 44.5 Å². The summed E-state index contributed by atoms with van der Waals surface area (Å²) in [5.74, 6) is 0. The third-order valence-corrected chi connectivity index (χ3v) is 3.78. The van der Waals surface area contributed by atoms with Crippen LogP contribution < -0.4 is 5.73 Å². The van der Waals surface area contributed by atoms with Crippen LogP contribution in [0.4, 0.5) is 0 Å². The lowest BCUT2D eigenvalue weighted by Crippen LogP contribution is -2.22. The second-order valence-corrected chi connectivity index (χ2v) is 5.27. The number of nitrogens with two attached hydrogens (primary N) is 1. The average Bonchev–Trinajstić information content (AvgIpc) is 1.97. The van der Waals surface area contributed by atoms with Crippen molar-refractivity contribution in [2.75, 3.05) is 20.8 Å². The Balaban J connectivity index is 0.000000247. The van der Waals surface area contributed by atoms with Gasteiger partial charge in [0.2, 0.25) is 0 Å². The molecule has 0 aromatic carbocycles. The molecule has 1 saturated carbocycles. The summed E-state index contributed by atoms with van der Waals surface area (Å²) in [6.07, 6.45) is 6.00. The van der Waals surface area contributed by atoms with Gasteiger partial charge in [0.15, 0.2) is 0 Å². The molecule has 1 aliphatic rings. The van der Waals surface area contributed by atoms with E-state index in [-0.39, 0.29) is 0 Å². The first-order chi connectivity index (χ1) is 5.85. The van der Waals surface area contributed by atoms with E-state index >= 15 is 0 Å². The highest BCUT2D eigenvalue weighted by Gasteiger charge is 2.05. The number of rotatable bonds is 4. The molecule has 0 atom stereocenters. The summed E-state index contributed by atoms with van der Waals surface area (Å²) in [4.78, 5) is 0. The molecule has 0 saturated heterocycles. The molecule has 0 aliphatic heterocycles. The molecule has 1 rings (SSSR count). The van der Waals surface area contributed by atoms with Gasteiger partial charge in [-0.05, 0) is 6.54 Å². The zero-order valence-corrected chi connectivity index (χ0v) is 9.37. The summed E-state index contributed by atoms with van der Waals surface area (Å²) in [7, 11) is 2.01. The summed E-state index contributed by atoms with van der Waals surface area (Å²) in [6.45, 7) is 0.665.